The molecule has 3 heterocycles. The van der Waals surface area contributed by atoms with Crippen molar-refractivity contribution >= 4 is 23.1 Å². The smallest absolute Gasteiger partial charge is 0.271 e. The van der Waals surface area contributed by atoms with Crippen LogP contribution in [0.4, 0.5) is 5.69 Å². The molecule has 2 amide bonds. The number of amides is 2. The Labute approximate surface area is 172 Å². The lowest BCUT2D eigenvalue weighted by molar-refractivity contribution is 0.0942. The number of rotatable bonds is 6. The predicted molar refractivity (Wildman–Crippen MR) is 111 cm³/mol. The van der Waals surface area contributed by atoms with E-state index in [1.165, 1.54) is 17.0 Å². The number of nitrogens with two attached hydrogens (primary N) is 1. The van der Waals surface area contributed by atoms with Crippen molar-refractivity contribution in [3.05, 3.63) is 72.0 Å². The number of anilines is 1. The third-order valence-corrected chi connectivity index (χ3v) is 4.65. The number of carbonyl (C=O) groups excluding carboxylic acids is 2. The van der Waals surface area contributed by atoms with Crippen molar-refractivity contribution < 1.29 is 14.0 Å². The van der Waals surface area contributed by atoms with Gasteiger partial charge in [-0.25, -0.2) is 9.97 Å². The highest BCUT2D eigenvalue weighted by Gasteiger charge is 2.20. The summed E-state index contributed by atoms with van der Waals surface area (Å²) < 4.78 is 6.84. The molecule has 9 nitrogen and oxygen atoms in total. The second kappa shape index (κ2) is 7.70. The van der Waals surface area contributed by atoms with Gasteiger partial charge < -0.3 is 20.4 Å². The van der Waals surface area contributed by atoms with E-state index >= 15 is 0 Å². The molecule has 0 radical (unpaired) electrons. The monoisotopic (exact) mass is 404 g/mol. The van der Waals surface area contributed by atoms with Gasteiger partial charge in [-0.3, -0.25) is 14.0 Å². The van der Waals surface area contributed by atoms with Crippen LogP contribution in [0, 0.1) is 0 Å². The summed E-state index contributed by atoms with van der Waals surface area (Å²) in [7, 11) is 3.93. The maximum absolute atomic E-state index is 13.0. The van der Waals surface area contributed by atoms with Gasteiger partial charge in [-0.05, 0) is 35.9 Å². The zero-order chi connectivity index (χ0) is 21.3. The molecular formula is C21H20N6O3. The molecule has 0 spiro atoms. The van der Waals surface area contributed by atoms with E-state index in [9.17, 15) is 9.59 Å². The SMILES string of the molecule is CN(C)c1ccc(CNC(=O)c2cc(-c3ccco3)nc3c(C(N)=O)ncn23)cc1. The van der Waals surface area contributed by atoms with E-state index in [4.69, 9.17) is 10.2 Å². The van der Waals surface area contributed by atoms with Gasteiger partial charge in [0.05, 0.1) is 6.26 Å². The molecule has 1 aromatic carbocycles. The molecule has 0 fully saturated rings. The number of nitrogens with one attached hydrogen (secondary N) is 1. The molecular weight excluding hydrogens is 384 g/mol. The molecule has 0 aliphatic rings. The predicted octanol–water partition coefficient (Wildman–Crippen LogP) is 2.08. The van der Waals surface area contributed by atoms with Crippen LogP contribution in [-0.4, -0.2) is 40.3 Å². The summed E-state index contributed by atoms with van der Waals surface area (Å²) >= 11 is 0. The Kier molecular flexibility index (Phi) is 4.93. The van der Waals surface area contributed by atoms with Crippen molar-refractivity contribution in [2.45, 2.75) is 6.54 Å². The Hall–Kier alpha value is -4.14. The van der Waals surface area contributed by atoms with Gasteiger partial charge in [0.25, 0.3) is 11.8 Å². The molecule has 4 rings (SSSR count). The third-order valence-electron chi connectivity index (χ3n) is 4.65. The van der Waals surface area contributed by atoms with Crippen molar-refractivity contribution in [1.29, 1.82) is 0 Å². The lowest BCUT2D eigenvalue weighted by Gasteiger charge is -2.13. The molecule has 0 aliphatic carbocycles. The highest BCUT2D eigenvalue weighted by atomic mass is 16.3. The zero-order valence-corrected chi connectivity index (χ0v) is 16.5. The first-order chi connectivity index (χ1) is 14.4. The molecule has 0 bridgehead atoms. The Balaban J connectivity index is 1.66. The summed E-state index contributed by atoms with van der Waals surface area (Å²) in [5.41, 5.74) is 8.26. The van der Waals surface area contributed by atoms with E-state index in [0.717, 1.165) is 11.3 Å². The van der Waals surface area contributed by atoms with Gasteiger partial charge in [0, 0.05) is 26.3 Å². The average molecular weight is 404 g/mol. The first-order valence-corrected chi connectivity index (χ1v) is 9.20. The molecule has 9 heteroatoms. The first kappa shape index (κ1) is 19.2. The number of furan rings is 1. The lowest BCUT2D eigenvalue weighted by atomic mass is 10.2. The van der Waals surface area contributed by atoms with Gasteiger partial charge in [0.1, 0.15) is 17.7 Å². The molecule has 0 atom stereocenters. The van der Waals surface area contributed by atoms with Crippen LogP contribution in [0.3, 0.4) is 0 Å². The van der Waals surface area contributed by atoms with Crippen molar-refractivity contribution in [2.24, 2.45) is 5.73 Å². The van der Waals surface area contributed by atoms with Gasteiger partial charge in [0.2, 0.25) is 0 Å². The molecule has 152 valence electrons. The maximum atomic E-state index is 13.0. The average Bonchev–Trinajstić information content (AvgIpc) is 3.41. The molecule has 0 unspecified atom stereocenters. The lowest BCUT2D eigenvalue weighted by Crippen LogP contribution is -2.25. The number of fused-ring (bicyclic) bond motifs is 1. The number of hydrogen-bond acceptors (Lipinski definition) is 6. The van der Waals surface area contributed by atoms with Crippen LogP contribution in [-0.2, 0) is 6.54 Å². The van der Waals surface area contributed by atoms with Crippen LogP contribution < -0.4 is 16.0 Å². The Morgan fingerprint density at radius 2 is 1.97 bits per heavy atom. The summed E-state index contributed by atoms with van der Waals surface area (Å²) in [6, 6.07) is 12.9. The molecule has 30 heavy (non-hydrogen) atoms. The van der Waals surface area contributed by atoms with E-state index in [1.807, 2.05) is 43.3 Å². The second-order valence-electron chi connectivity index (χ2n) is 6.90. The normalized spacial score (nSPS) is 10.9. The maximum Gasteiger partial charge on any atom is 0.271 e. The highest BCUT2D eigenvalue weighted by molar-refractivity contribution is 5.99. The van der Waals surface area contributed by atoms with E-state index < -0.39 is 5.91 Å². The molecule has 4 aromatic rings. The van der Waals surface area contributed by atoms with Gasteiger partial charge in [-0.1, -0.05) is 12.1 Å². The Bertz CT molecular complexity index is 1210. The minimum atomic E-state index is -0.728. The number of hydrogen-bond donors (Lipinski definition) is 2. The van der Waals surface area contributed by atoms with Crippen LogP contribution in [0.15, 0.2) is 59.5 Å². The summed E-state index contributed by atoms with van der Waals surface area (Å²) in [6.45, 7) is 0.337. The van der Waals surface area contributed by atoms with Crippen LogP contribution >= 0.6 is 0 Å². The number of carbonyl (C=O) groups is 2. The number of aromatic nitrogens is 3. The molecule has 0 aliphatic heterocycles. The second-order valence-corrected chi connectivity index (χ2v) is 6.90. The summed E-state index contributed by atoms with van der Waals surface area (Å²) in [4.78, 5) is 35.1. The van der Waals surface area contributed by atoms with Crippen LogP contribution in [0.5, 0.6) is 0 Å². The topological polar surface area (TPSA) is 119 Å². The number of imidazole rings is 1. The fourth-order valence-electron chi connectivity index (χ4n) is 3.05. The summed E-state index contributed by atoms with van der Waals surface area (Å²) in [5, 5.41) is 2.89. The molecule has 0 saturated heterocycles. The zero-order valence-electron chi connectivity index (χ0n) is 16.5. The fourth-order valence-corrected chi connectivity index (χ4v) is 3.05. The van der Waals surface area contributed by atoms with Crippen LogP contribution in [0.1, 0.15) is 26.5 Å². The fraction of sp³-hybridized carbons (Fsp3) is 0.143. The van der Waals surface area contributed by atoms with E-state index in [2.05, 4.69) is 15.3 Å². The first-order valence-electron chi connectivity index (χ1n) is 9.20. The van der Waals surface area contributed by atoms with Crippen molar-refractivity contribution in [3.8, 4) is 11.5 Å². The van der Waals surface area contributed by atoms with Crippen LogP contribution in [0.2, 0.25) is 0 Å². The third kappa shape index (κ3) is 3.60. The van der Waals surface area contributed by atoms with Crippen molar-refractivity contribution in [3.63, 3.8) is 0 Å². The molecule has 3 aromatic heterocycles. The van der Waals surface area contributed by atoms with Crippen LogP contribution in [0.25, 0.3) is 17.1 Å². The van der Waals surface area contributed by atoms with E-state index in [0.29, 0.717) is 18.0 Å². The number of benzene rings is 1. The standard InChI is InChI=1S/C21H20N6O3/c1-26(2)14-7-5-13(6-8-14)11-23-21(29)16-10-15(17-4-3-9-30-17)25-20-18(19(22)28)24-12-27(16)20/h3-10,12H,11H2,1-2H3,(H2,22,28)(H,23,29). The van der Waals surface area contributed by atoms with Gasteiger partial charge >= 0.3 is 0 Å². The molecule has 3 N–H and O–H groups in total. The van der Waals surface area contributed by atoms with Gasteiger partial charge in [-0.2, -0.15) is 0 Å². The minimum absolute atomic E-state index is 0.0169. The van der Waals surface area contributed by atoms with Gasteiger partial charge in [0.15, 0.2) is 17.1 Å². The van der Waals surface area contributed by atoms with E-state index in [1.54, 1.807) is 18.2 Å². The van der Waals surface area contributed by atoms with Gasteiger partial charge in [-0.15, -0.1) is 0 Å². The van der Waals surface area contributed by atoms with Crippen molar-refractivity contribution in [1.82, 2.24) is 19.7 Å². The Morgan fingerprint density at radius 1 is 1.20 bits per heavy atom. The number of primary amides is 1. The highest BCUT2D eigenvalue weighted by Crippen LogP contribution is 2.22. The summed E-state index contributed by atoms with van der Waals surface area (Å²) in [5.74, 6) is -0.614. The summed E-state index contributed by atoms with van der Waals surface area (Å²) in [6.07, 6.45) is 2.86. The Morgan fingerprint density at radius 3 is 2.60 bits per heavy atom. The minimum Gasteiger partial charge on any atom is -0.463 e. The molecule has 0 saturated carbocycles. The van der Waals surface area contributed by atoms with Crippen molar-refractivity contribution in [2.75, 3.05) is 19.0 Å². The quantitative estimate of drug-likeness (QED) is 0.508. The largest absolute Gasteiger partial charge is 0.463 e. The van der Waals surface area contributed by atoms with E-state index in [-0.39, 0.29) is 22.9 Å². The number of nitrogens with zero attached hydrogens (tertiary/aromatic N) is 4.